The molecule has 2 rings (SSSR count). The predicted octanol–water partition coefficient (Wildman–Crippen LogP) is 3.36. The summed E-state index contributed by atoms with van der Waals surface area (Å²) in [4.78, 5) is 11.7. The Morgan fingerprint density at radius 1 is 1.41 bits per heavy atom. The molecule has 2 aromatic rings. The van der Waals surface area contributed by atoms with Gasteiger partial charge in [-0.05, 0) is 39.7 Å². The zero-order valence-corrected chi connectivity index (χ0v) is 11.0. The Kier molecular flexibility index (Phi) is 3.33. The topological polar surface area (TPSA) is 52.3 Å². The quantitative estimate of drug-likeness (QED) is 0.682. The van der Waals surface area contributed by atoms with Gasteiger partial charge in [-0.15, -0.1) is 0 Å². The number of ether oxygens (including phenoxy) is 1. The van der Waals surface area contributed by atoms with Crippen LogP contribution in [0.3, 0.4) is 0 Å². The highest BCUT2D eigenvalue weighted by Crippen LogP contribution is 2.32. The van der Waals surface area contributed by atoms with Crippen LogP contribution in [0.4, 0.5) is 5.69 Å². The summed E-state index contributed by atoms with van der Waals surface area (Å²) in [5.41, 5.74) is 6.75. The Labute approximate surface area is 108 Å². The lowest BCUT2D eigenvalue weighted by Gasteiger charge is -2.10. The van der Waals surface area contributed by atoms with Gasteiger partial charge in [-0.1, -0.05) is 24.3 Å². The van der Waals surface area contributed by atoms with Crippen molar-refractivity contribution in [3.8, 4) is 0 Å². The molecule has 0 saturated heterocycles. The number of rotatable bonds is 2. The van der Waals surface area contributed by atoms with Crippen LogP contribution in [-0.2, 0) is 4.74 Å². The van der Waals surface area contributed by atoms with Crippen LogP contribution in [0.15, 0.2) is 34.8 Å². The largest absolute Gasteiger partial charge is 0.462 e. The monoisotopic (exact) mass is 293 g/mol. The first-order valence-corrected chi connectivity index (χ1v) is 6.08. The van der Waals surface area contributed by atoms with Crippen molar-refractivity contribution in [3.05, 3.63) is 40.4 Å². The van der Waals surface area contributed by atoms with Crippen molar-refractivity contribution in [1.29, 1.82) is 0 Å². The lowest BCUT2D eigenvalue weighted by molar-refractivity contribution is 0.0528. The summed E-state index contributed by atoms with van der Waals surface area (Å²) in [6, 6.07) is 9.48. The molecule has 0 unspecified atom stereocenters. The van der Waals surface area contributed by atoms with Gasteiger partial charge in [-0.25, -0.2) is 4.79 Å². The third-order valence-electron chi connectivity index (χ3n) is 2.52. The zero-order valence-electron chi connectivity index (χ0n) is 9.37. The summed E-state index contributed by atoms with van der Waals surface area (Å²) in [5.74, 6) is -0.392. The van der Waals surface area contributed by atoms with Crippen molar-refractivity contribution in [2.75, 3.05) is 12.3 Å². The molecule has 88 valence electrons. The van der Waals surface area contributed by atoms with Crippen molar-refractivity contribution in [3.63, 3.8) is 0 Å². The van der Waals surface area contributed by atoms with E-state index in [4.69, 9.17) is 10.5 Å². The fourth-order valence-electron chi connectivity index (χ4n) is 1.70. The number of carbonyl (C=O) groups excluding carboxylic acids is 1. The van der Waals surface area contributed by atoms with Crippen molar-refractivity contribution in [2.45, 2.75) is 6.92 Å². The highest BCUT2D eigenvalue weighted by molar-refractivity contribution is 9.10. The number of fused-ring (bicyclic) bond motifs is 1. The highest BCUT2D eigenvalue weighted by atomic mass is 79.9. The average molecular weight is 294 g/mol. The van der Waals surface area contributed by atoms with Crippen molar-refractivity contribution in [1.82, 2.24) is 0 Å². The van der Waals surface area contributed by atoms with Gasteiger partial charge >= 0.3 is 5.97 Å². The average Bonchev–Trinajstić information content (AvgIpc) is 2.34. The van der Waals surface area contributed by atoms with E-state index in [-0.39, 0.29) is 0 Å². The van der Waals surface area contributed by atoms with E-state index in [0.717, 1.165) is 15.2 Å². The molecule has 17 heavy (non-hydrogen) atoms. The molecular formula is C13H12BrNO2. The SMILES string of the molecule is CCOC(=O)c1cc2ccccc2c(Br)c1N. The molecule has 0 heterocycles. The standard InChI is InChI=1S/C13H12BrNO2/c1-2-17-13(16)10-7-8-5-3-4-6-9(8)11(14)12(10)15/h3-7H,2,15H2,1H3. The normalized spacial score (nSPS) is 10.5. The molecular weight excluding hydrogens is 282 g/mol. The molecule has 0 amide bonds. The summed E-state index contributed by atoms with van der Waals surface area (Å²) < 4.78 is 5.71. The van der Waals surface area contributed by atoms with Gasteiger partial charge in [-0.2, -0.15) is 0 Å². The van der Waals surface area contributed by atoms with Gasteiger partial charge in [-0.3, -0.25) is 0 Å². The van der Waals surface area contributed by atoms with Crippen LogP contribution in [-0.4, -0.2) is 12.6 Å². The molecule has 0 fully saturated rings. The number of nitrogens with two attached hydrogens (primary N) is 1. The smallest absolute Gasteiger partial charge is 0.340 e. The molecule has 4 heteroatoms. The van der Waals surface area contributed by atoms with Crippen molar-refractivity contribution < 1.29 is 9.53 Å². The highest BCUT2D eigenvalue weighted by Gasteiger charge is 2.15. The van der Waals surface area contributed by atoms with Gasteiger partial charge in [0, 0.05) is 4.47 Å². The number of hydrogen-bond acceptors (Lipinski definition) is 3. The first-order chi connectivity index (χ1) is 8.15. The van der Waals surface area contributed by atoms with Gasteiger partial charge in [0.05, 0.1) is 17.9 Å². The van der Waals surface area contributed by atoms with Crippen LogP contribution in [0.25, 0.3) is 10.8 Å². The Hall–Kier alpha value is -1.55. The molecule has 3 nitrogen and oxygen atoms in total. The van der Waals surface area contributed by atoms with Crippen molar-refractivity contribution in [2.24, 2.45) is 0 Å². The second kappa shape index (κ2) is 4.75. The lowest BCUT2D eigenvalue weighted by Crippen LogP contribution is -2.08. The minimum Gasteiger partial charge on any atom is -0.462 e. The van der Waals surface area contributed by atoms with E-state index in [1.54, 1.807) is 13.0 Å². The summed E-state index contributed by atoms with van der Waals surface area (Å²) in [5, 5.41) is 1.94. The molecule has 0 aliphatic rings. The van der Waals surface area contributed by atoms with Crippen LogP contribution in [0, 0.1) is 0 Å². The summed E-state index contributed by atoms with van der Waals surface area (Å²) >= 11 is 3.42. The third kappa shape index (κ3) is 2.13. The Balaban J connectivity index is 2.65. The van der Waals surface area contributed by atoms with Crippen LogP contribution >= 0.6 is 15.9 Å². The molecule has 0 spiro atoms. The molecule has 2 N–H and O–H groups in total. The number of esters is 1. The minimum absolute atomic E-state index is 0.336. The second-order valence-corrected chi connectivity index (χ2v) is 4.39. The lowest BCUT2D eigenvalue weighted by atomic mass is 10.1. The Morgan fingerprint density at radius 3 is 2.82 bits per heavy atom. The molecule has 2 aromatic carbocycles. The maximum Gasteiger partial charge on any atom is 0.340 e. The first-order valence-electron chi connectivity index (χ1n) is 5.29. The predicted molar refractivity (Wildman–Crippen MR) is 72.0 cm³/mol. The molecule has 0 radical (unpaired) electrons. The van der Waals surface area contributed by atoms with Gasteiger partial charge < -0.3 is 10.5 Å². The van der Waals surface area contributed by atoms with Crippen LogP contribution in [0.2, 0.25) is 0 Å². The van der Waals surface area contributed by atoms with E-state index in [1.165, 1.54) is 0 Å². The van der Waals surface area contributed by atoms with Gasteiger partial charge in [0.1, 0.15) is 0 Å². The zero-order chi connectivity index (χ0) is 12.4. The fraction of sp³-hybridized carbons (Fsp3) is 0.154. The van der Waals surface area contributed by atoms with E-state index in [0.29, 0.717) is 17.9 Å². The first kappa shape index (κ1) is 11.9. The number of nitrogen functional groups attached to an aromatic ring is 1. The Bertz CT molecular complexity index is 581. The number of halogens is 1. The van der Waals surface area contributed by atoms with Gasteiger partial charge in [0.25, 0.3) is 0 Å². The summed E-state index contributed by atoms with van der Waals surface area (Å²) in [7, 11) is 0. The minimum atomic E-state index is -0.392. The summed E-state index contributed by atoms with van der Waals surface area (Å²) in [6.45, 7) is 2.10. The molecule has 0 atom stereocenters. The number of carbonyl (C=O) groups is 1. The summed E-state index contributed by atoms with van der Waals surface area (Å²) in [6.07, 6.45) is 0. The van der Waals surface area contributed by atoms with E-state index in [1.807, 2.05) is 24.3 Å². The molecule has 0 aliphatic carbocycles. The van der Waals surface area contributed by atoms with E-state index in [2.05, 4.69) is 15.9 Å². The maximum atomic E-state index is 11.7. The van der Waals surface area contributed by atoms with E-state index < -0.39 is 5.97 Å². The maximum absolute atomic E-state index is 11.7. The fourth-order valence-corrected chi connectivity index (χ4v) is 2.27. The van der Waals surface area contributed by atoms with Crippen LogP contribution in [0.5, 0.6) is 0 Å². The van der Waals surface area contributed by atoms with Crippen LogP contribution in [0.1, 0.15) is 17.3 Å². The number of anilines is 1. The third-order valence-corrected chi connectivity index (χ3v) is 3.37. The van der Waals surface area contributed by atoms with Gasteiger partial charge in [0.2, 0.25) is 0 Å². The van der Waals surface area contributed by atoms with E-state index in [9.17, 15) is 4.79 Å². The molecule has 0 saturated carbocycles. The molecule has 0 aliphatic heterocycles. The molecule has 0 bridgehead atoms. The van der Waals surface area contributed by atoms with E-state index >= 15 is 0 Å². The van der Waals surface area contributed by atoms with Crippen LogP contribution < -0.4 is 5.73 Å². The van der Waals surface area contributed by atoms with Crippen molar-refractivity contribution >= 4 is 38.4 Å². The second-order valence-electron chi connectivity index (χ2n) is 3.59. The number of benzene rings is 2. The Morgan fingerprint density at radius 2 is 2.12 bits per heavy atom. The molecule has 0 aromatic heterocycles. The number of hydrogen-bond donors (Lipinski definition) is 1. The van der Waals surface area contributed by atoms with Gasteiger partial charge in [0.15, 0.2) is 0 Å².